The summed E-state index contributed by atoms with van der Waals surface area (Å²) < 4.78 is 29.2. The monoisotopic (exact) mass is 368 g/mol. The molecule has 1 aromatic rings. The van der Waals surface area contributed by atoms with Gasteiger partial charge in [-0.2, -0.15) is 8.78 Å². The van der Waals surface area contributed by atoms with E-state index in [-0.39, 0.29) is 36.6 Å². The number of rotatable bonds is 6. The zero-order valence-electron chi connectivity index (χ0n) is 13.1. The molecule has 0 aromatic heterocycles. The van der Waals surface area contributed by atoms with Gasteiger partial charge in [0.25, 0.3) is 0 Å². The van der Waals surface area contributed by atoms with Crippen LogP contribution in [-0.4, -0.2) is 37.7 Å². The SMILES string of the molecule is C=C(C)C[C@H](c1cccc(OC(F)F)c1)N1CCNCC1.Cl.Cl. The van der Waals surface area contributed by atoms with Crippen LogP contribution in [0.4, 0.5) is 8.78 Å². The Morgan fingerprint density at radius 2 is 1.96 bits per heavy atom. The summed E-state index contributed by atoms with van der Waals surface area (Å²) in [6.45, 7) is 6.97. The third-order valence-electron chi connectivity index (χ3n) is 3.60. The van der Waals surface area contributed by atoms with Crippen molar-refractivity contribution in [3.8, 4) is 5.75 Å². The molecule has 1 aliphatic heterocycles. The van der Waals surface area contributed by atoms with E-state index in [0.29, 0.717) is 0 Å². The Hall–Kier alpha value is -0.880. The molecule has 3 nitrogen and oxygen atoms in total. The molecule has 1 saturated heterocycles. The normalized spacial score (nSPS) is 16.2. The van der Waals surface area contributed by atoms with Gasteiger partial charge >= 0.3 is 6.61 Å². The molecule has 0 spiro atoms. The van der Waals surface area contributed by atoms with Gasteiger partial charge in [-0.1, -0.05) is 17.7 Å². The Morgan fingerprint density at radius 1 is 1.30 bits per heavy atom. The van der Waals surface area contributed by atoms with Crippen molar-refractivity contribution >= 4 is 24.8 Å². The molecule has 2 rings (SSSR count). The van der Waals surface area contributed by atoms with Gasteiger partial charge in [-0.05, 0) is 31.0 Å². The Balaban J connectivity index is 0.00000242. The number of nitrogens with zero attached hydrogens (tertiary/aromatic N) is 1. The highest BCUT2D eigenvalue weighted by Crippen LogP contribution is 2.30. The summed E-state index contributed by atoms with van der Waals surface area (Å²) in [5, 5.41) is 3.32. The molecule has 1 N–H and O–H groups in total. The van der Waals surface area contributed by atoms with Crippen molar-refractivity contribution in [3.05, 3.63) is 42.0 Å². The van der Waals surface area contributed by atoms with Crippen molar-refractivity contribution in [2.75, 3.05) is 26.2 Å². The molecule has 23 heavy (non-hydrogen) atoms. The lowest BCUT2D eigenvalue weighted by atomic mass is 9.98. The van der Waals surface area contributed by atoms with Crippen LogP contribution in [-0.2, 0) is 0 Å². The van der Waals surface area contributed by atoms with Crippen LogP contribution in [0.5, 0.6) is 5.75 Å². The molecule has 132 valence electrons. The summed E-state index contributed by atoms with van der Waals surface area (Å²) in [6.07, 6.45) is 0.818. The highest BCUT2D eigenvalue weighted by Gasteiger charge is 2.22. The predicted molar refractivity (Wildman–Crippen MR) is 94.2 cm³/mol. The summed E-state index contributed by atoms with van der Waals surface area (Å²) in [5.74, 6) is 0.212. The van der Waals surface area contributed by atoms with Crippen molar-refractivity contribution in [2.24, 2.45) is 0 Å². The second-order valence-corrected chi connectivity index (χ2v) is 5.41. The van der Waals surface area contributed by atoms with E-state index in [4.69, 9.17) is 0 Å². The molecule has 0 aliphatic carbocycles. The topological polar surface area (TPSA) is 24.5 Å². The molecule has 1 aromatic carbocycles. The van der Waals surface area contributed by atoms with E-state index < -0.39 is 6.61 Å². The second kappa shape index (κ2) is 10.8. The molecule has 0 unspecified atom stereocenters. The predicted octanol–water partition coefficient (Wildman–Crippen LogP) is 4.04. The third kappa shape index (κ3) is 7.04. The van der Waals surface area contributed by atoms with Crippen LogP contribution in [0, 0.1) is 0 Å². The third-order valence-corrected chi connectivity index (χ3v) is 3.60. The maximum Gasteiger partial charge on any atom is 0.387 e. The molecule has 0 bridgehead atoms. The van der Waals surface area contributed by atoms with Crippen LogP contribution >= 0.6 is 24.8 Å². The molecule has 1 atom stereocenters. The second-order valence-electron chi connectivity index (χ2n) is 5.41. The fraction of sp³-hybridized carbons (Fsp3) is 0.500. The summed E-state index contributed by atoms with van der Waals surface area (Å²) in [4.78, 5) is 2.37. The standard InChI is InChI=1S/C16H22F2N2O.2ClH/c1-12(2)10-15(20-8-6-19-7-9-20)13-4-3-5-14(11-13)21-16(17)18;;/h3-5,11,15-16,19H,1,6-10H2,2H3;2*1H/t15-;;/m1../s1. The van der Waals surface area contributed by atoms with E-state index >= 15 is 0 Å². The van der Waals surface area contributed by atoms with Crippen molar-refractivity contribution in [1.29, 1.82) is 0 Å². The highest BCUT2D eigenvalue weighted by atomic mass is 35.5. The highest BCUT2D eigenvalue weighted by molar-refractivity contribution is 5.85. The summed E-state index contributed by atoms with van der Waals surface area (Å²) >= 11 is 0. The Morgan fingerprint density at radius 3 is 2.52 bits per heavy atom. The van der Waals surface area contributed by atoms with Crippen LogP contribution in [0.15, 0.2) is 36.4 Å². The first-order chi connectivity index (χ1) is 10.1. The molecule has 0 amide bonds. The van der Waals surface area contributed by atoms with Gasteiger partial charge < -0.3 is 10.1 Å². The van der Waals surface area contributed by atoms with Gasteiger partial charge in [-0.25, -0.2) is 0 Å². The molecular formula is C16H24Cl2F2N2O. The molecule has 0 saturated carbocycles. The summed E-state index contributed by atoms with van der Waals surface area (Å²) in [7, 11) is 0. The van der Waals surface area contributed by atoms with Gasteiger partial charge in [-0.3, -0.25) is 4.90 Å². The fourth-order valence-electron chi connectivity index (χ4n) is 2.68. The number of halogens is 4. The Kier molecular flexibility index (Phi) is 10.4. The maximum atomic E-state index is 12.4. The van der Waals surface area contributed by atoms with Gasteiger partial charge in [0.05, 0.1) is 0 Å². The van der Waals surface area contributed by atoms with Crippen LogP contribution in [0.25, 0.3) is 0 Å². The number of alkyl halides is 2. The van der Waals surface area contributed by atoms with E-state index in [2.05, 4.69) is 21.5 Å². The van der Waals surface area contributed by atoms with Gasteiger partial charge in [0, 0.05) is 32.2 Å². The van der Waals surface area contributed by atoms with Crippen molar-refractivity contribution in [3.63, 3.8) is 0 Å². The molecule has 0 radical (unpaired) electrons. The number of ether oxygens (including phenoxy) is 1. The van der Waals surface area contributed by atoms with E-state index in [9.17, 15) is 8.78 Å². The minimum atomic E-state index is -2.79. The van der Waals surface area contributed by atoms with Crippen molar-refractivity contribution in [2.45, 2.75) is 26.0 Å². The smallest absolute Gasteiger partial charge is 0.387 e. The molecule has 1 aliphatic rings. The first-order valence-corrected chi connectivity index (χ1v) is 7.20. The minimum absolute atomic E-state index is 0. The van der Waals surface area contributed by atoms with Crippen molar-refractivity contribution in [1.82, 2.24) is 10.2 Å². The summed E-state index contributed by atoms with van der Waals surface area (Å²) in [6, 6.07) is 7.16. The Bertz CT molecular complexity index is 483. The maximum absolute atomic E-state index is 12.4. The van der Waals surface area contributed by atoms with Crippen molar-refractivity contribution < 1.29 is 13.5 Å². The lowest BCUT2D eigenvalue weighted by Gasteiger charge is -2.35. The van der Waals surface area contributed by atoms with Gasteiger partial charge in [0.15, 0.2) is 0 Å². The number of hydrogen-bond acceptors (Lipinski definition) is 3. The van der Waals surface area contributed by atoms with Gasteiger partial charge in [-0.15, -0.1) is 31.4 Å². The number of hydrogen-bond donors (Lipinski definition) is 1. The molecule has 1 fully saturated rings. The zero-order chi connectivity index (χ0) is 15.2. The van der Waals surface area contributed by atoms with Gasteiger partial charge in [0.1, 0.15) is 5.75 Å². The largest absolute Gasteiger partial charge is 0.435 e. The summed E-state index contributed by atoms with van der Waals surface area (Å²) in [5.41, 5.74) is 2.08. The van der Waals surface area contributed by atoms with Crippen LogP contribution < -0.4 is 10.1 Å². The molecule has 1 heterocycles. The van der Waals surface area contributed by atoms with Crippen LogP contribution in [0.1, 0.15) is 24.9 Å². The van der Waals surface area contributed by atoms with E-state index in [1.807, 2.05) is 13.0 Å². The fourth-order valence-corrected chi connectivity index (χ4v) is 2.68. The van der Waals surface area contributed by atoms with Crippen LogP contribution in [0.3, 0.4) is 0 Å². The zero-order valence-corrected chi connectivity index (χ0v) is 14.8. The molecular weight excluding hydrogens is 345 g/mol. The number of nitrogens with one attached hydrogen (secondary N) is 1. The quantitative estimate of drug-likeness (QED) is 0.766. The van der Waals surface area contributed by atoms with E-state index in [1.165, 1.54) is 0 Å². The Labute approximate surface area is 148 Å². The minimum Gasteiger partial charge on any atom is -0.435 e. The lowest BCUT2D eigenvalue weighted by Crippen LogP contribution is -2.45. The van der Waals surface area contributed by atoms with Crippen LogP contribution in [0.2, 0.25) is 0 Å². The van der Waals surface area contributed by atoms with E-state index in [0.717, 1.165) is 43.7 Å². The first-order valence-electron chi connectivity index (χ1n) is 7.20. The van der Waals surface area contributed by atoms with Gasteiger partial charge in [0.2, 0.25) is 0 Å². The number of benzene rings is 1. The lowest BCUT2D eigenvalue weighted by molar-refractivity contribution is -0.0499. The first kappa shape index (κ1) is 22.1. The average molecular weight is 369 g/mol. The number of piperazine rings is 1. The van der Waals surface area contributed by atoms with E-state index in [1.54, 1.807) is 18.2 Å². The molecule has 7 heteroatoms. The average Bonchev–Trinajstić information content (AvgIpc) is 2.45.